The van der Waals surface area contributed by atoms with Gasteiger partial charge in [-0.05, 0) is 44.5 Å². The van der Waals surface area contributed by atoms with Crippen LogP contribution in [-0.4, -0.2) is 37.1 Å². The summed E-state index contributed by atoms with van der Waals surface area (Å²) < 4.78 is 4.86. The fourth-order valence-corrected chi connectivity index (χ4v) is 2.77. The summed E-state index contributed by atoms with van der Waals surface area (Å²) in [6.45, 7) is 4.94. The van der Waals surface area contributed by atoms with E-state index in [0.717, 1.165) is 32.5 Å². The molecule has 1 aromatic rings. The van der Waals surface area contributed by atoms with Crippen LogP contribution in [0.1, 0.15) is 30.9 Å². The van der Waals surface area contributed by atoms with E-state index >= 15 is 0 Å². The van der Waals surface area contributed by atoms with Gasteiger partial charge >= 0.3 is 5.97 Å². The van der Waals surface area contributed by atoms with Gasteiger partial charge in [-0.25, -0.2) is 0 Å². The number of hydrogen-bond acceptors (Lipinski definition) is 4. The number of carbonyl (C=O) groups excluding carboxylic acids is 1. The van der Waals surface area contributed by atoms with E-state index in [1.165, 1.54) is 18.2 Å². The number of esters is 1. The molecule has 2 rings (SSSR count). The summed E-state index contributed by atoms with van der Waals surface area (Å²) in [6, 6.07) is 8.58. The Hall–Kier alpha value is -1.39. The smallest absolute Gasteiger partial charge is 0.325 e. The number of fused-ring (bicyclic) bond motifs is 1. The van der Waals surface area contributed by atoms with Crippen molar-refractivity contribution in [1.29, 1.82) is 0 Å². The maximum absolute atomic E-state index is 11.8. The van der Waals surface area contributed by atoms with Crippen molar-refractivity contribution < 1.29 is 9.53 Å². The van der Waals surface area contributed by atoms with Gasteiger partial charge in [-0.15, -0.1) is 0 Å². The average Bonchev–Trinajstić information content (AvgIpc) is 2.88. The number of nitrogens with one attached hydrogen (secondary N) is 1. The summed E-state index contributed by atoms with van der Waals surface area (Å²) in [4.78, 5) is 14.2. The van der Waals surface area contributed by atoms with E-state index in [4.69, 9.17) is 4.74 Å². The topological polar surface area (TPSA) is 41.6 Å². The maximum Gasteiger partial charge on any atom is 0.325 e. The Morgan fingerprint density at radius 2 is 1.95 bits per heavy atom. The highest BCUT2D eigenvalue weighted by Gasteiger charge is 2.32. The molecule has 1 unspecified atom stereocenters. The second-order valence-electron chi connectivity index (χ2n) is 5.66. The minimum atomic E-state index is -0.582. The molecule has 1 N–H and O–H groups in total. The van der Waals surface area contributed by atoms with Crippen LogP contribution in [-0.2, 0) is 22.6 Å². The van der Waals surface area contributed by atoms with E-state index < -0.39 is 5.54 Å². The molecule has 0 saturated carbocycles. The lowest BCUT2D eigenvalue weighted by Gasteiger charge is -2.27. The third-order valence-corrected chi connectivity index (χ3v) is 4.25. The Kier molecular flexibility index (Phi) is 4.78. The van der Waals surface area contributed by atoms with Crippen LogP contribution in [0, 0.1) is 0 Å². The number of methoxy groups -OCH3 is 1. The number of ether oxygens (including phenoxy) is 1. The molecule has 0 spiro atoms. The lowest BCUT2D eigenvalue weighted by atomic mass is 9.96. The van der Waals surface area contributed by atoms with Crippen LogP contribution < -0.4 is 5.32 Å². The first-order valence-corrected chi connectivity index (χ1v) is 7.15. The maximum atomic E-state index is 11.8. The number of benzene rings is 1. The molecule has 1 atom stereocenters. The Labute approximate surface area is 121 Å². The summed E-state index contributed by atoms with van der Waals surface area (Å²) in [6.07, 6.45) is 1.75. The van der Waals surface area contributed by atoms with E-state index in [1.807, 2.05) is 14.0 Å². The summed E-state index contributed by atoms with van der Waals surface area (Å²) >= 11 is 0. The fourth-order valence-electron chi connectivity index (χ4n) is 2.77. The van der Waals surface area contributed by atoms with Crippen molar-refractivity contribution in [2.24, 2.45) is 0 Å². The van der Waals surface area contributed by atoms with Gasteiger partial charge in [0, 0.05) is 13.1 Å². The molecular formula is C16H24N2O2. The SMILES string of the molecule is CNC(C)(CCCN1Cc2ccccc2C1)C(=O)OC. The lowest BCUT2D eigenvalue weighted by Crippen LogP contribution is -2.48. The van der Waals surface area contributed by atoms with Crippen molar-refractivity contribution in [3.8, 4) is 0 Å². The van der Waals surface area contributed by atoms with Gasteiger partial charge in [-0.3, -0.25) is 9.69 Å². The number of carbonyl (C=O) groups is 1. The van der Waals surface area contributed by atoms with E-state index in [2.05, 4.69) is 34.5 Å². The number of hydrogen-bond donors (Lipinski definition) is 1. The monoisotopic (exact) mass is 276 g/mol. The van der Waals surface area contributed by atoms with E-state index in [9.17, 15) is 4.79 Å². The highest BCUT2D eigenvalue weighted by Crippen LogP contribution is 2.23. The van der Waals surface area contributed by atoms with Crippen LogP contribution in [0.2, 0.25) is 0 Å². The average molecular weight is 276 g/mol. The van der Waals surface area contributed by atoms with Crippen LogP contribution in [0.25, 0.3) is 0 Å². The molecule has 0 aliphatic carbocycles. The predicted molar refractivity (Wildman–Crippen MR) is 79.3 cm³/mol. The molecule has 4 nitrogen and oxygen atoms in total. The zero-order valence-electron chi connectivity index (χ0n) is 12.6. The number of nitrogens with zero attached hydrogens (tertiary/aromatic N) is 1. The van der Waals surface area contributed by atoms with E-state index in [0.29, 0.717) is 0 Å². The molecular weight excluding hydrogens is 252 g/mol. The van der Waals surface area contributed by atoms with Crippen molar-refractivity contribution in [2.75, 3.05) is 20.7 Å². The summed E-state index contributed by atoms with van der Waals surface area (Å²) in [5, 5.41) is 3.08. The van der Waals surface area contributed by atoms with Crippen molar-refractivity contribution >= 4 is 5.97 Å². The van der Waals surface area contributed by atoms with Gasteiger partial charge in [-0.1, -0.05) is 24.3 Å². The first kappa shape index (κ1) is 15.0. The van der Waals surface area contributed by atoms with Crippen molar-refractivity contribution in [1.82, 2.24) is 10.2 Å². The molecule has 1 aromatic carbocycles. The van der Waals surface area contributed by atoms with Crippen LogP contribution in [0.5, 0.6) is 0 Å². The molecule has 4 heteroatoms. The molecule has 0 amide bonds. The minimum absolute atomic E-state index is 0.190. The molecule has 1 heterocycles. The third kappa shape index (κ3) is 3.19. The van der Waals surface area contributed by atoms with Crippen LogP contribution in [0.4, 0.5) is 0 Å². The molecule has 1 aliphatic rings. The minimum Gasteiger partial charge on any atom is -0.468 e. The summed E-state index contributed by atoms with van der Waals surface area (Å²) in [5.74, 6) is -0.190. The normalized spacial score (nSPS) is 17.6. The zero-order chi connectivity index (χ0) is 14.6. The zero-order valence-corrected chi connectivity index (χ0v) is 12.6. The van der Waals surface area contributed by atoms with Gasteiger partial charge in [0.25, 0.3) is 0 Å². The number of rotatable bonds is 6. The van der Waals surface area contributed by atoms with Gasteiger partial charge in [0.05, 0.1) is 7.11 Å². The molecule has 0 radical (unpaired) electrons. The Morgan fingerprint density at radius 1 is 1.35 bits per heavy atom. The predicted octanol–water partition coefficient (Wildman–Crippen LogP) is 1.93. The molecule has 1 aliphatic heterocycles. The van der Waals surface area contributed by atoms with Crippen LogP contribution >= 0.6 is 0 Å². The Balaban J connectivity index is 1.81. The Morgan fingerprint density at radius 3 is 2.45 bits per heavy atom. The highest BCUT2D eigenvalue weighted by atomic mass is 16.5. The lowest BCUT2D eigenvalue weighted by molar-refractivity contribution is -0.148. The third-order valence-electron chi connectivity index (χ3n) is 4.25. The fraction of sp³-hybridized carbons (Fsp3) is 0.562. The van der Waals surface area contributed by atoms with Gasteiger partial charge in [0.15, 0.2) is 0 Å². The van der Waals surface area contributed by atoms with Crippen molar-refractivity contribution in [2.45, 2.75) is 38.4 Å². The Bertz CT molecular complexity index is 450. The standard InChI is InChI=1S/C16H24N2O2/c1-16(17-2,15(19)20-3)9-6-10-18-11-13-7-4-5-8-14(13)12-18/h4-5,7-8,17H,6,9-12H2,1-3H3. The van der Waals surface area contributed by atoms with Crippen molar-refractivity contribution in [3.63, 3.8) is 0 Å². The molecule has 20 heavy (non-hydrogen) atoms. The molecule has 110 valence electrons. The van der Waals surface area contributed by atoms with Crippen molar-refractivity contribution in [3.05, 3.63) is 35.4 Å². The second-order valence-corrected chi connectivity index (χ2v) is 5.66. The molecule has 0 saturated heterocycles. The van der Waals surface area contributed by atoms with E-state index in [1.54, 1.807) is 0 Å². The number of likely N-dealkylation sites (N-methyl/N-ethyl adjacent to an activating group) is 1. The van der Waals surface area contributed by atoms with E-state index in [-0.39, 0.29) is 5.97 Å². The second kappa shape index (κ2) is 6.37. The van der Waals surface area contributed by atoms with Crippen LogP contribution in [0.3, 0.4) is 0 Å². The van der Waals surface area contributed by atoms with Gasteiger partial charge in [0.1, 0.15) is 5.54 Å². The quantitative estimate of drug-likeness (QED) is 0.806. The molecule has 0 bridgehead atoms. The summed E-state index contributed by atoms with van der Waals surface area (Å²) in [5.41, 5.74) is 2.27. The first-order valence-electron chi connectivity index (χ1n) is 7.15. The van der Waals surface area contributed by atoms with Gasteiger partial charge in [-0.2, -0.15) is 0 Å². The molecule has 0 fully saturated rings. The van der Waals surface area contributed by atoms with Gasteiger partial charge < -0.3 is 10.1 Å². The molecule has 0 aromatic heterocycles. The summed E-state index contributed by atoms with van der Waals surface area (Å²) in [7, 11) is 3.25. The first-order chi connectivity index (χ1) is 9.59. The largest absolute Gasteiger partial charge is 0.468 e. The highest BCUT2D eigenvalue weighted by molar-refractivity contribution is 5.80. The van der Waals surface area contributed by atoms with Gasteiger partial charge in [0.2, 0.25) is 0 Å². The van der Waals surface area contributed by atoms with Crippen LogP contribution in [0.15, 0.2) is 24.3 Å².